The molecule has 1 unspecified atom stereocenters. The first-order chi connectivity index (χ1) is 8.16. The second-order valence-electron chi connectivity index (χ2n) is 3.03. The summed E-state index contributed by atoms with van der Waals surface area (Å²) in [7, 11) is 0. The quantitative estimate of drug-likeness (QED) is 0.750. The maximum atomic E-state index is 10.6. The van der Waals surface area contributed by atoms with E-state index in [1.54, 1.807) is 24.3 Å². The van der Waals surface area contributed by atoms with E-state index < -0.39 is 24.2 Å². The van der Waals surface area contributed by atoms with Crippen LogP contribution in [0.4, 0.5) is 13.2 Å². The molecule has 0 bridgehead atoms. The van der Waals surface area contributed by atoms with E-state index in [9.17, 15) is 18.0 Å². The van der Waals surface area contributed by atoms with Crippen LogP contribution in [0.5, 0.6) is 0 Å². The van der Waals surface area contributed by atoms with Gasteiger partial charge in [0, 0.05) is 0 Å². The third-order valence-corrected chi connectivity index (χ3v) is 1.67. The zero-order chi connectivity index (χ0) is 14.3. The van der Waals surface area contributed by atoms with E-state index in [2.05, 4.69) is 0 Å². The molecule has 0 amide bonds. The first-order valence-electron chi connectivity index (χ1n) is 4.49. The summed E-state index contributed by atoms with van der Waals surface area (Å²) in [6.07, 6.45) is -5.08. The van der Waals surface area contributed by atoms with E-state index in [4.69, 9.17) is 20.7 Å². The summed E-state index contributed by atoms with van der Waals surface area (Å²) in [6, 6.07) is 7.82. The van der Waals surface area contributed by atoms with Crippen molar-refractivity contribution in [1.29, 1.82) is 0 Å². The zero-order valence-electron chi connectivity index (χ0n) is 8.89. The lowest BCUT2D eigenvalue weighted by Crippen LogP contribution is -2.21. The largest absolute Gasteiger partial charge is 0.490 e. The van der Waals surface area contributed by atoms with Crippen molar-refractivity contribution < 1.29 is 33.0 Å². The van der Waals surface area contributed by atoms with Crippen molar-refractivity contribution in [3.8, 4) is 0 Å². The minimum atomic E-state index is -5.08. The van der Waals surface area contributed by atoms with Crippen molar-refractivity contribution in [3.05, 3.63) is 35.9 Å². The van der Waals surface area contributed by atoms with E-state index in [0.717, 1.165) is 0 Å². The molecule has 1 rings (SSSR count). The van der Waals surface area contributed by atoms with Gasteiger partial charge >= 0.3 is 18.1 Å². The van der Waals surface area contributed by atoms with E-state index >= 15 is 0 Å². The molecule has 0 fully saturated rings. The van der Waals surface area contributed by atoms with Crippen LogP contribution in [-0.2, 0) is 9.59 Å². The Labute approximate surface area is 99.6 Å². The Morgan fingerprint density at radius 2 is 1.50 bits per heavy atom. The molecule has 1 aromatic carbocycles. The number of hydrogen-bond donors (Lipinski definition) is 3. The summed E-state index contributed by atoms with van der Waals surface area (Å²) in [5.74, 6) is -3.76. The van der Waals surface area contributed by atoms with Gasteiger partial charge in [-0.25, -0.2) is 4.79 Å². The van der Waals surface area contributed by atoms with Gasteiger partial charge in [0.05, 0.1) is 0 Å². The van der Waals surface area contributed by atoms with Crippen LogP contribution < -0.4 is 5.73 Å². The fraction of sp³-hybridized carbons (Fsp3) is 0.200. The molecule has 0 aromatic heterocycles. The van der Waals surface area contributed by atoms with Crippen molar-refractivity contribution in [2.75, 3.05) is 0 Å². The van der Waals surface area contributed by atoms with Crippen LogP contribution in [-0.4, -0.2) is 28.3 Å². The standard InChI is InChI=1S/C8H9NO2.C2HF3O2/c9-7(8(10)11)6-4-2-1-3-5-6;3-2(4,5)1(6)7/h1-5,7H,9H2,(H,10,11);(H,6,7). The highest BCUT2D eigenvalue weighted by Gasteiger charge is 2.38. The molecular formula is C10H10F3NO4. The number of nitrogens with two attached hydrogens (primary N) is 1. The molecular weight excluding hydrogens is 255 g/mol. The first kappa shape index (κ1) is 15.9. The first-order valence-corrected chi connectivity index (χ1v) is 4.49. The summed E-state index contributed by atoms with van der Waals surface area (Å²) in [4.78, 5) is 19.3. The molecule has 5 nitrogen and oxygen atoms in total. The molecule has 0 aliphatic heterocycles. The molecule has 0 saturated carbocycles. The lowest BCUT2D eigenvalue weighted by molar-refractivity contribution is -0.192. The molecule has 1 atom stereocenters. The highest BCUT2D eigenvalue weighted by atomic mass is 19.4. The maximum absolute atomic E-state index is 10.6. The molecule has 4 N–H and O–H groups in total. The molecule has 0 radical (unpaired) electrons. The Hall–Kier alpha value is -2.09. The number of hydrogen-bond acceptors (Lipinski definition) is 3. The van der Waals surface area contributed by atoms with Crippen molar-refractivity contribution in [3.63, 3.8) is 0 Å². The minimum absolute atomic E-state index is 0.625. The Kier molecular flexibility index (Phi) is 5.83. The van der Waals surface area contributed by atoms with Gasteiger partial charge in [-0.2, -0.15) is 13.2 Å². The topological polar surface area (TPSA) is 101 Å². The third-order valence-electron chi connectivity index (χ3n) is 1.67. The fourth-order valence-electron chi connectivity index (χ4n) is 0.803. The van der Waals surface area contributed by atoms with Gasteiger partial charge in [-0.05, 0) is 5.56 Å². The Balaban J connectivity index is 0.000000360. The van der Waals surface area contributed by atoms with Crippen molar-refractivity contribution in [2.24, 2.45) is 5.73 Å². The highest BCUT2D eigenvalue weighted by Crippen LogP contribution is 2.13. The lowest BCUT2D eigenvalue weighted by Gasteiger charge is -2.04. The smallest absolute Gasteiger partial charge is 0.480 e. The van der Waals surface area contributed by atoms with Gasteiger partial charge < -0.3 is 15.9 Å². The predicted molar refractivity (Wildman–Crippen MR) is 54.7 cm³/mol. The number of carboxylic acids is 2. The van der Waals surface area contributed by atoms with Crippen LogP contribution in [0, 0.1) is 0 Å². The van der Waals surface area contributed by atoms with Crippen molar-refractivity contribution >= 4 is 11.9 Å². The van der Waals surface area contributed by atoms with Crippen LogP contribution in [0.15, 0.2) is 30.3 Å². The van der Waals surface area contributed by atoms with Crippen LogP contribution in [0.25, 0.3) is 0 Å². The second kappa shape index (κ2) is 6.60. The van der Waals surface area contributed by atoms with Crippen molar-refractivity contribution in [2.45, 2.75) is 12.2 Å². The molecule has 0 heterocycles. The van der Waals surface area contributed by atoms with Gasteiger partial charge in [-0.15, -0.1) is 0 Å². The summed E-state index contributed by atoms with van der Waals surface area (Å²) in [6.45, 7) is 0. The number of halogens is 3. The number of benzene rings is 1. The number of carbonyl (C=O) groups is 2. The van der Waals surface area contributed by atoms with Gasteiger partial charge in [-0.3, -0.25) is 4.79 Å². The summed E-state index contributed by atoms with van der Waals surface area (Å²) in [5, 5.41) is 15.6. The van der Waals surface area contributed by atoms with Gasteiger partial charge in [0.2, 0.25) is 0 Å². The van der Waals surface area contributed by atoms with Crippen molar-refractivity contribution in [1.82, 2.24) is 0 Å². The average Bonchev–Trinajstić information content (AvgIpc) is 2.28. The van der Waals surface area contributed by atoms with Gasteiger partial charge in [0.15, 0.2) is 0 Å². The predicted octanol–water partition coefficient (Wildman–Crippen LogP) is 1.40. The molecule has 8 heteroatoms. The molecule has 0 aliphatic carbocycles. The molecule has 0 aliphatic rings. The van der Waals surface area contributed by atoms with E-state index in [-0.39, 0.29) is 0 Å². The lowest BCUT2D eigenvalue weighted by atomic mass is 10.1. The van der Waals surface area contributed by atoms with E-state index in [1.807, 2.05) is 6.07 Å². The molecule has 0 spiro atoms. The molecule has 18 heavy (non-hydrogen) atoms. The van der Waals surface area contributed by atoms with Gasteiger partial charge in [-0.1, -0.05) is 30.3 Å². The van der Waals surface area contributed by atoms with E-state index in [1.165, 1.54) is 0 Å². The fourth-order valence-corrected chi connectivity index (χ4v) is 0.803. The van der Waals surface area contributed by atoms with E-state index in [0.29, 0.717) is 5.56 Å². The minimum Gasteiger partial charge on any atom is -0.480 e. The Bertz CT molecular complexity index is 405. The number of alkyl halides is 3. The number of carboxylic acid groups (broad SMARTS) is 2. The van der Waals surface area contributed by atoms with Gasteiger partial charge in [0.1, 0.15) is 6.04 Å². The third kappa shape index (κ3) is 5.85. The summed E-state index contributed by atoms with van der Waals surface area (Å²) >= 11 is 0. The molecule has 0 saturated heterocycles. The second-order valence-corrected chi connectivity index (χ2v) is 3.03. The van der Waals surface area contributed by atoms with Crippen LogP contribution in [0.3, 0.4) is 0 Å². The zero-order valence-corrected chi connectivity index (χ0v) is 8.89. The Morgan fingerprint density at radius 1 is 1.11 bits per heavy atom. The van der Waals surface area contributed by atoms with Crippen LogP contribution in [0.2, 0.25) is 0 Å². The van der Waals surface area contributed by atoms with Crippen LogP contribution >= 0.6 is 0 Å². The van der Waals surface area contributed by atoms with Gasteiger partial charge in [0.25, 0.3) is 0 Å². The normalized spacial score (nSPS) is 12.0. The molecule has 100 valence electrons. The highest BCUT2D eigenvalue weighted by molar-refractivity contribution is 5.75. The number of rotatable bonds is 2. The maximum Gasteiger partial charge on any atom is 0.490 e. The Morgan fingerprint density at radius 3 is 1.78 bits per heavy atom. The monoisotopic (exact) mass is 265 g/mol. The number of aliphatic carboxylic acids is 2. The average molecular weight is 265 g/mol. The summed E-state index contributed by atoms with van der Waals surface area (Å²) < 4.78 is 31.7. The van der Waals surface area contributed by atoms with Crippen LogP contribution in [0.1, 0.15) is 11.6 Å². The SMILES string of the molecule is NC(C(=O)O)c1ccccc1.O=C(O)C(F)(F)F. The summed E-state index contributed by atoms with van der Waals surface area (Å²) in [5.41, 5.74) is 5.96. The molecule has 1 aromatic rings.